The van der Waals surface area contributed by atoms with E-state index >= 15 is 4.39 Å². The van der Waals surface area contributed by atoms with Crippen LogP contribution in [0.4, 0.5) is 15.8 Å². The van der Waals surface area contributed by atoms with Crippen LogP contribution in [-0.4, -0.2) is 27.8 Å². The van der Waals surface area contributed by atoms with Crippen molar-refractivity contribution in [3.63, 3.8) is 0 Å². The van der Waals surface area contributed by atoms with E-state index in [0.29, 0.717) is 10.8 Å². The maximum Gasteiger partial charge on any atom is 0.174 e. The predicted octanol–water partition coefficient (Wildman–Crippen LogP) is 6.65. The summed E-state index contributed by atoms with van der Waals surface area (Å²) in [6.07, 6.45) is 1.78. The minimum absolute atomic E-state index is 0.229. The van der Waals surface area contributed by atoms with E-state index in [1.807, 2.05) is 29.2 Å². The topological polar surface area (TPSA) is 36.3 Å². The zero-order valence-electron chi connectivity index (χ0n) is 21.6. The first-order valence-corrected chi connectivity index (χ1v) is 13.1. The highest BCUT2D eigenvalue weighted by molar-refractivity contribution is 7.80. The van der Waals surface area contributed by atoms with Crippen molar-refractivity contribution in [2.24, 2.45) is 0 Å². The van der Waals surface area contributed by atoms with E-state index in [1.165, 1.54) is 11.8 Å². The lowest BCUT2D eigenvalue weighted by Crippen LogP contribution is -2.30. The molecule has 190 valence electrons. The number of nitrogens with one attached hydrogen (secondary N) is 1. The lowest BCUT2D eigenvalue weighted by atomic mass is 9.96. The first-order chi connectivity index (χ1) is 17.9. The highest BCUT2D eigenvalue weighted by Gasteiger charge is 2.43. The van der Waals surface area contributed by atoms with Gasteiger partial charge in [0.2, 0.25) is 0 Å². The van der Waals surface area contributed by atoms with Crippen molar-refractivity contribution in [2.75, 3.05) is 22.9 Å². The number of hydrogen-bond donors (Lipinski definition) is 1. The molecule has 0 saturated carbocycles. The molecule has 5 nitrogen and oxygen atoms in total. The van der Waals surface area contributed by atoms with Gasteiger partial charge in [-0.2, -0.15) is 0 Å². The summed E-state index contributed by atoms with van der Waals surface area (Å²) in [5.74, 6) is -0.306. The van der Waals surface area contributed by atoms with Gasteiger partial charge in [-0.25, -0.2) is 4.39 Å². The second-order valence-corrected chi connectivity index (χ2v) is 9.69. The molecule has 1 aliphatic rings. The summed E-state index contributed by atoms with van der Waals surface area (Å²) in [6.45, 7) is 10.5. The van der Waals surface area contributed by atoms with Crippen molar-refractivity contribution in [3.8, 4) is 5.69 Å². The second kappa shape index (κ2) is 10.3. The van der Waals surface area contributed by atoms with Gasteiger partial charge in [-0.15, -0.1) is 0 Å². The SMILES string of the molecule is CCN(CC)c1ccc(-n2c(C)cc([C@H]3[C@@H](c4ccccn4)NC(=S)N3c3ccccc3F)c2C)cc1. The lowest BCUT2D eigenvalue weighted by molar-refractivity contribution is 0.556. The number of rotatable bonds is 7. The van der Waals surface area contributed by atoms with Crippen LogP contribution in [0.2, 0.25) is 0 Å². The molecule has 0 bridgehead atoms. The number of para-hydroxylation sites is 1. The summed E-state index contributed by atoms with van der Waals surface area (Å²) in [7, 11) is 0. The Kier molecular flexibility index (Phi) is 6.98. The van der Waals surface area contributed by atoms with Crippen LogP contribution in [0.3, 0.4) is 0 Å². The third-order valence-electron chi connectivity index (χ3n) is 7.24. The predicted molar refractivity (Wildman–Crippen MR) is 153 cm³/mol. The molecule has 1 N–H and O–H groups in total. The van der Waals surface area contributed by atoms with Crippen LogP contribution in [0.25, 0.3) is 5.69 Å². The van der Waals surface area contributed by atoms with Crippen LogP contribution in [0, 0.1) is 19.7 Å². The third kappa shape index (κ3) is 4.48. The van der Waals surface area contributed by atoms with Crippen molar-refractivity contribution in [3.05, 3.63) is 107 Å². The fourth-order valence-electron chi connectivity index (χ4n) is 5.46. The number of hydrogen-bond acceptors (Lipinski definition) is 3. The Morgan fingerprint density at radius 1 is 0.973 bits per heavy atom. The molecule has 37 heavy (non-hydrogen) atoms. The normalized spacial score (nSPS) is 17.2. The Morgan fingerprint density at radius 3 is 2.32 bits per heavy atom. The Labute approximate surface area is 223 Å². The molecular weight excluding hydrogens is 481 g/mol. The van der Waals surface area contributed by atoms with E-state index in [4.69, 9.17) is 12.2 Å². The monoisotopic (exact) mass is 513 g/mol. The van der Waals surface area contributed by atoms with Crippen molar-refractivity contribution in [1.82, 2.24) is 14.9 Å². The van der Waals surface area contributed by atoms with E-state index in [9.17, 15) is 0 Å². The lowest BCUT2D eigenvalue weighted by Gasteiger charge is -2.28. The fraction of sp³-hybridized carbons (Fsp3) is 0.267. The minimum atomic E-state index is -0.306. The van der Waals surface area contributed by atoms with Crippen LogP contribution in [0.5, 0.6) is 0 Å². The standard InChI is InChI=1S/C30H32FN5S/c1-5-34(6-2)22-14-16-23(17-15-22)35-20(3)19-24(21(35)4)29-28(26-12-9-10-18-32-26)33-30(37)36(29)27-13-8-7-11-25(27)31/h7-19,28-29H,5-6H2,1-4H3,(H,33,37)/t28-,29+/m1/s1. The van der Waals surface area contributed by atoms with E-state index < -0.39 is 0 Å². The molecule has 1 fully saturated rings. The van der Waals surface area contributed by atoms with Gasteiger partial charge < -0.3 is 19.7 Å². The first-order valence-electron chi connectivity index (χ1n) is 12.7. The molecule has 0 aliphatic carbocycles. The number of nitrogens with zero attached hydrogens (tertiary/aromatic N) is 4. The molecule has 2 aromatic carbocycles. The van der Waals surface area contributed by atoms with Crippen molar-refractivity contribution in [2.45, 2.75) is 39.8 Å². The number of benzene rings is 2. The number of halogens is 1. The van der Waals surface area contributed by atoms with E-state index in [2.05, 4.69) is 77.8 Å². The molecule has 1 saturated heterocycles. The molecule has 0 radical (unpaired) electrons. The van der Waals surface area contributed by atoms with Crippen molar-refractivity contribution >= 4 is 28.7 Å². The summed E-state index contributed by atoms with van der Waals surface area (Å²) in [5, 5.41) is 3.92. The average Bonchev–Trinajstić information content (AvgIpc) is 3.41. The molecule has 5 rings (SSSR count). The minimum Gasteiger partial charge on any atom is -0.372 e. The summed E-state index contributed by atoms with van der Waals surface area (Å²) in [4.78, 5) is 8.86. The van der Waals surface area contributed by atoms with Gasteiger partial charge in [0.25, 0.3) is 0 Å². The van der Waals surface area contributed by atoms with Crippen LogP contribution in [0.15, 0.2) is 79.0 Å². The Hall–Kier alpha value is -3.71. The summed E-state index contributed by atoms with van der Waals surface area (Å²) < 4.78 is 17.4. The zero-order valence-corrected chi connectivity index (χ0v) is 22.5. The number of thiocarbonyl (C=S) groups is 1. The molecule has 0 amide bonds. The smallest absolute Gasteiger partial charge is 0.174 e. The number of anilines is 2. The van der Waals surface area contributed by atoms with Gasteiger partial charge in [-0.1, -0.05) is 18.2 Å². The van der Waals surface area contributed by atoms with Crippen molar-refractivity contribution in [1.29, 1.82) is 0 Å². The summed E-state index contributed by atoms with van der Waals surface area (Å²) in [6, 6.07) is 23.0. The van der Waals surface area contributed by atoms with E-state index in [1.54, 1.807) is 18.3 Å². The van der Waals surface area contributed by atoms with Gasteiger partial charge in [0, 0.05) is 42.0 Å². The second-order valence-electron chi connectivity index (χ2n) is 9.30. The van der Waals surface area contributed by atoms with Crippen LogP contribution < -0.4 is 15.1 Å². The third-order valence-corrected chi connectivity index (χ3v) is 7.55. The van der Waals surface area contributed by atoms with Crippen molar-refractivity contribution < 1.29 is 4.39 Å². The molecule has 0 spiro atoms. The van der Waals surface area contributed by atoms with Crippen LogP contribution >= 0.6 is 12.2 Å². The Morgan fingerprint density at radius 2 is 1.68 bits per heavy atom. The largest absolute Gasteiger partial charge is 0.372 e. The van der Waals surface area contributed by atoms with E-state index in [0.717, 1.165) is 41.4 Å². The molecule has 2 atom stereocenters. The fourth-order valence-corrected chi connectivity index (χ4v) is 5.80. The van der Waals surface area contributed by atoms with Gasteiger partial charge in [0.05, 0.1) is 23.5 Å². The number of aromatic nitrogens is 2. The van der Waals surface area contributed by atoms with Gasteiger partial charge in [-0.3, -0.25) is 4.98 Å². The van der Waals surface area contributed by atoms with E-state index in [-0.39, 0.29) is 17.9 Å². The Bertz CT molecular complexity index is 1400. The molecular formula is C30H32FN5S. The Balaban J connectivity index is 1.62. The number of pyridine rings is 1. The zero-order chi connectivity index (χ0) is 26.1. The van der Waals surface area contributed by atoms with Gasteiger partial charge in [0.15, 0.2) is 5.11 Å². The molecule has 7 heteroatoms. The maximum absolute atomic E-state index is 15.1. The first kappa shape index (κ1) is 25.0. The van der Waals surface area contributed by atoms with Gasteiger partial charge >= 0.3 is 0 Å². The highest BCUT2D eigenvalue weighted by atomic mass is 32.1. The summed E-state index contributed by atoms with van der Waals surface area (Å²) >= 11 is 5.78. The highest BCUT2D eigenvalue weighted by Crippen LogP contribution is 2.44. The number of aryl methyl sites for hydroxylation is 1. The quantitative estimate of drug-likeness (QED) is 0.280. The average molecular weight is 514 g/mol. The van der Waals surface area contributed by atoms with Gasteiger partial charge in [-0.05, 0) is 100 Å². The summed E-state index contributed by atoms with van der Waals surface area (Å²) in [5.41, 5.74) is 6.90. The van der Waals surface area contributed by atoms with Crippen LogP contribution in [-0.2, 0) is 0 Å². The van der Waals surface area contributed by atoms with Gasteiger partial charge in [0.1, 0.15) is 5.82 Å². The maximum atomic E-state index is 15.1. The molecule has 1 aliphatic heterocycles. The molecule has 4 aromatic rings. The molecule has 2 aromatic heterocycles. The molecule has 3 heterocycles. The molecule has 0 unspecified atom stereocenters. The van der Waals surface area contributed by atoms with Crippen LogP contribution in [0.1, 0.15) is 48.6 Å².